The molecule has 0 unspecified atom stereocenters. The molecular weight excluding hydrogens is 464 g/mol. The number of carbonyl (C=O) groups excluding carboxylic acids is 1. The Balaban J connectivity index is 1.65. The van der Waals surface area contributed by atoms with Gasteiger partial charge >= 0.3 is 0 Å². The second kappa shape index (κ2) is 10.8. The van der Waals surface area contributed by atoms with Crippen molar-refractivity contribution < 1.29 is 14.3 Å². The first-order valence-corrected chi connectivity index (χ1v) is 10.5. The van der Waals surface area contributed by atoms with Crippen LogP contribution in [-0.4, -0.2) is 24.7 Å². The fourth-order valence-electron chi connectivity index (χ4n) is 2.80. The minimum absolute atomic E-state index is 0.166. The van der Waals surface area contributed by atoms with Crippen molar-refractivity contribution in [2.24, 2.45) is 0 Å². The van der Waals surface area contributed by atoms with Crippen molar-refractivity contribution in [3.05, 3.63) is 88.4 Å². The van der Waals surface area contributed by atoms with E-state index in [1.54, 1.807) is 25.3 Å². The summed E-state index contributed by atoms with van der Waals surface area (Å²) in [6.07, 6.45) is 0.742. The lowest BCUT2D eigenvalue weighted by molar-refractivity contribution is 0.0973. The summed E-state index contributed by atoms with van der Waals surface area (Å²) in [7, 11) is 1.57. The van der Waals surface area contributed by atoms with Gasteiger partial charge < -0.3 is 14.8 Å². The number of thiocarbonyl (C=S) groups is 1. The van der Waals surface area contributed by atoms with Gasteiger partial charge in [-0.15, -0.1) is 0 Å². The average molecular weight is 485 g/mol. The smallest absolute Gasteiger partial charge is 0.261 e. The molecular formula is C23H21BrN2O3S. The topological polar surface area (TPSA) is 59.6 Å². The average Bonchev–Trinajstić information content (AvgIpc) is 2.75. The standard InChI is InChI=1S/C23H21BrN2O3S/c1-28-21-10-6-5-9-19(21)25-23(30)26-22(27)18-15-17(24)11-12-20(18)29-14-13-16-7-3-2-4-8-16/h2-12,15H,13-14H2,1H3,(H2,25,26,27,30). The first kappa shape index (κ1) is 21.8. The Labute approximate surface area is 189 Å². The summed E-state index contributed by atoms with van der Waals surface area (Å²) < 4.78 is 11.9. The summed E-state index contributed by atoms with van der Waals surface area (Å²) in [4.78, 5) is 12.8. The van der Waals surface area contributed by atoms with E-state index >= 15 is 0 Å². The first-order chi connectivity index (χ1) is 14.6. The predicted molar refractivity (Wildman–Crippen MR) is 126 cm³/mol. The van der Waals surface area contributed by atoms with Crippen LogP contribution in [-0.2, 0) is 6.42 Å². The number of methoxy groups -OCH3 is 1. The number of para-hydroxylation sites is 2. The van der Waals surface area contributed by atoms with Crippen molar-refractivity contribution in [2.45, 2.75) is 6.42 Å². The van der Waals surface area contributed by atoms with Crippen LogP contribution >= 0.6 is 28.1 Å². The van der Waals surface area contributed by atoms with Crippen molar-refractivity contribution in [2.75, 3.05) is 19.0 Å². The lowest BCUT2D eigenvalue weighted by atomic mass is 10.1. The maximum absolute atomic E-state index is 12.8. The number of amides is 1. The van der Waals surface area contributed by atoms with Crippen LogP contribution in [0, 0.1) is 0 Å². The van der Waals surface area contributed by atoms with E-state index in [2.05, 4.69) is 26.6 Å². The maximum Gasteiger partial charge on any atom is 0.261 e. The van der Waals surface area contributed by atoms with Crippen LogP contribution in [0.15, 0.2) is 77.3 Å². The summed E-state index contributed by atoms with van der Waals surface area (Å²) in [6.45, 7) is 0.454. The Bertz CT molecular complexity index is 1030. The largest absolute Gasteiger partial charge is 0.495 e. The zero-order chi connectivity index (χ0) is 21.3. The quantitative estimate of drug-likeness (QED) is 0.451. The number of hydrogen-bond donors (Lipinski definition) is 2. The minimum atomic E-state index is -0.363. The highest BCUT2D eigenvalue weighted by atomic mass is 79.9. The molecule has 3 aromatic rings. The van der Waals surface area contributed by atoms with Gasteiger partial charge in [-0.25, -0.2) is 0 Å². The van der Waals surface area contributed by atoms with E-state index in [0.29, 0.717) is 29.4 Å². The van der Waals surface area contributed by atoms with E-state index in [1.807, 2.05) is 54.6 Å². The first-order valence-electron chi connectivity index (χ1n) is 9.28. The number of carbonyl (C=O) groups is 1. The molecule has 0 radical (unpaired) electrons. The maximum atomic E-state index is 12.8. The lowest BCUT2D eigenvalue weighted by Crippen LogP contribution is -2.34. The number of nitrogens with one attached hydrogen (secondary N) is 2. The molecule has 3 aromatic carbocycles. The van der Waals surface area contributed by atoms with Gasteiger partial charge in [0.2, 0.25) is 0 Å². The summed E-state index contributed by atoms with van der Waals surface area (Å²) >= 11 is 8.70. The molecule has 0 heterocycles. The number of anilines is 1. The molecule has 0 aliphatic heterocycles. The molecule has 0 saturated carbocycles. The molecule has 154 valence electrons. The number of benzene rings is 3. The molecule has 0 spiro atoms. The Hall–Kier alpha value is -2.90. The molecule has 0 bridgehead atoms. The monoisotopic (exact) mass is 484 g/mol. The molecule has 5 nitrogen and oxygen atoms in total. The molecule has 0 fully saturated rings. The van der Waals surface area contributed by atoms with Gasteiger partial charge in [-0.3, -0.25) is 10.1 Å². The van der Waals surface area contributed by atoms with Crippen LogP contribution in [0.4, 0.5) is 5.69 Å². The molecule has 2 N–H and O–H groups in total. The van der Waals surface area contributed by atoms with E-state index in [1.165, 1.54) is 5.56 Å². The van der Waals surface area contributed by atoms with Gasteiger partial charge in [0.25, 0.3) is 5.91 Å². The highest BCUT2D eigenvalue weighted by Crippen LogP contribution is 2.25. The number of ether oxygens (including phenoxy) is 2. The van der Waals surface area contributed by atoms with Crippen molar-refractivity contribution >= 4 is 44.9 Å². The molecule has 0 atom stereocenters. The van der Waals surface area contributed by atoms with Crippen LogP contribution < -0.4 is 20.1 Å². The third-order valence-corrected chi connectivity index (χ3v) is 4.96. The normalized spacial score (nSPS) is 10.2. The summed E-state index contributed by atoms with van der Waals surface area (Å²) in [5.41, 5.74) is 2.23. The van der Waals surface area contributed by atoms with Gasteiger partial charge in [-0.1, -0.05) is 58.4 Å². The summed E-state index contributed by atoms with van der Waals surface area (Å²) in [5.74, 6) is 0.756. The Morgan fingerprint density at radius 3 is 2.50 bits per heavy atom. The number of rotatable bonds is 7. The highest BCUT2D eigenvalue weighted by molar-refractivity contribution is 9.10. The highest BCUT2D eigenvalue weighted by Gasteiger charge is 2.15. The van der Waals surface area contributed by atoms with Crippen molar-refractivity contribution in [1.29, 1.82) is 0 Å². The van der Waals surface area contributed by atoms with Gasteiger partial charge in [0.15, 0.2) is 5.11 Å². The van der Waals surface area contributed by atoms with E-state index in [0.717, 1.165) is 10.9 Å². The van der Waals surface area contributed by atoms with E-state index in [-0.39, 0.29) is 11.0 Å². The predicted octanol–water partition coefficient (Wildman–Crippen LogP) is 5.21. The Kier molecular flexibility index (Phi) is 7.82. The summed E-state index contributed by atoms with van der Waals surface area (Å²) in [6, 6.07) is 22.7. The van der Waals surface area contributed by atoms with Crippen LogP contribution in [0.1, 0.15) is 15.9 Å². The van der Waals surface area contributed by atoms with Gasteiger partial charge in [0.05, 0.1) is 25.0 Å². The minimum Gasteiger partial charge on any atom is -0.495 e. The second-order valence-corrected chi connectivity index (χ2v) is 7.66. The fourth-order valence-corrected chi connectivity index (χ4v) is 3.36. The Morgan fingerprint density at radius 2 is 1.73 bits per heavy atom. The molecule has 1 amide bonds. The van der Waals surface area contributed by atoms with Crippen LogP contribution in [0.5, 0.6) is 11.5 Å². The van der Waals surface area contributed by atoms with Crippen molar-refractivity contribution in [3.63, 3.8) is 0 Å². The molecule has 30 heavy (non-hydrogen) atoms. The third-order valence-electron chi connectivity index (χ3n) is 4.26. The molecule has 0 aliphatic rings. The van der Waals surface area contributed by atoms with Gasteiger partial charge in [-0.05, 0) is 48.1 Å². The van der Waals surface area contributed by atoms with Crippen molar-refractivity contribution in [1.82, 2.24) is 5.32 Å². The van der Waals surface area contributed by atoms with Crippen LogP contribution in [0.25, 0.3) is 0 Å². The van der Waals surface area contributed by atoms with Crippen LogP contribution in [0.2, 0.25) is 0 Å². The number of hydrogen-bond acceptors (Lipinski definition) is 4. The van der Waals surface area contributed by atoms with Crippen LogP contribution in [0.3, 0.4) is 0 Å². The van der Waals surface area contributed by atoms with E-state index < -0.39 is 0 Å². The summed E-state index contributed by atoms with van der Waals surface area (Å²) in [5, 5.41) is 5.85. The molecule has 3 rings (SSSR count). The van der Waals surface area contributed by atoms with Crippen molar-refractivity contribution in [3.8, 4) is 11.5 Å². The third kappa shape index (κ3) is 6.05. The molecule has 7 heteroatoms. The zero-order valence-corrected chi connectivity index (χ0v) is 18.8. The van der Waals surface area contributed by atoms with Gasteiger partial charge in [0.1, 0.15) is 11.5 Å². The zero-order valence-electron chi connectivity index (χ0n) is 16.4. The lowest BCUT2D eigenvalue weighted by Gasteiger charge is -2.15. The fraction of sp³-hybridized carbons (Fsp3) is 0.130. The SMILES string of the molecule is COc1ccccc1NC(=S)NC(=O)c1cc(Br)ccc1OCCc1ccccc1. The second-order valence-electron chi connectivity index (χ2n) is 6.33. The number of halogens is 1. The van der Waals surface area contributed by atoms with Gasteiger partial charge in [0, 0.05) is 10.9 Å². The van der Waals surface area contributed by atoms with E-state index in [4.69, 9.17) is 21.7 Å². The molecule has 0 saturated heterocycles. The Morgan fingerprint density at radius 1 is 1.00 bits per heavy atom. The molecule has 0 aliphatic carbocycles. The van der Waals surface area contributed by atoms with Gasteiger partial charge in [-0.2, -0.15) is 0 Å². The van der Waals surface area contributed by atoms with E-state index in [9.17, 15) is 4.79 Å². The molecule has 0 aromatic heterocycles.